The minimum absolute atomic E-state index is 0.0654. The average Bonchev–Trinajstić information content (AvgIpc) is 2.32. The Morgan fingerprint density at radius 1 is 1.25 bits per heavy atom. The van der Waals surface area contributed by atoms with E-state index in [-0.39, 0.29) is 5.02 Å². The van der Waals surface area contributed by atoms with Crippen LogP contribution in [0.25, 0.3) is 0 Å². The second-order valence-electron chi connectivity index (χ2n) is 3.11. The van der Waals surface area contributed by atoms with Gasteiger partial charge in [-0.25, -0.2) is 4.39 Å². The summed E-state index contributed by atoms with van der Waals surface area (Å²) >= 11 is 5.63. The van der Waals surface area contributed by atoms with Crippen LogP contribution >= 0.6 is 11.6 Å². The Balaban J connectivity index is 2.21. The second kappa shape index (κ2) is 4.86. The quantitative estimate of drug-likeness (QED) is 0.729. The van der Waals surface area contributed by atoms with Gasteiger partial charge in [-0.2, -0.15) is 0 Å². The number of rotatable bonds is 2. The molecule has 2 aromatic rings. The third-order valence-electron chi connectivity index (χ3n) is 1.94. The van der Waals surface area contributed by atoms with Gasteiger partial charge in [0.25, 0.3) is 0 Å². The standard InChI is InChI=1S/C12H8ClFN2/c13-11-7-9(4-5-12(11)14)16-8-10-3-1-2-6-15-10/h1-8H/b16-8+. The number of halogens is 2. The molecule has 0 radical (unpaired) electrons. The maximum Gasteiger partial charge on any atom is 0.141 e. The number of hydrogen-bond acceptors (Lipinski definition) is 2. The highest BCUT2D eigenvalue weighted by molar-refractivity contribution is 6.31. The molecule has 0 fully saturated rings. The summed E-state index contributed by atoms with van der Waals surface area (Å²) in [6.07, 6.45) is 3.28. The van der Waals surface area contributed by atoms with Gasteiger partial charge in [-0.05, 0) is 30.3 Å². The highest BCUT2D eigenvalue weighted by atomic mass is 35.5. The molecule has 0 bridgehead atoms. The number of hydrogen-bond donors (Lipinski definition) is 0. The fourth-order valence-corrected chi connectivity index (χ4v) is 1.33. The maximum atomic E-state index is 12.9. The SMILES string of the molecule is Fc1ccc(/N=C/c2ccccn2)cc1Cl. The minimum atomic E-state index is -0.446. The van der Waals surface area contributed by atoms with Gasteiger partial charge in [-0.15, -0.1) is 0 Å². The zero-order valence-corrected chi connectivity index (χ0v) is 9.03. The van der Waals surface area contributed by atoms with Gasteiger partial charge in [-0.1, -0.05) is 17.7 Å². The first-order valence-electron chi connectivity index (χ1n) is 4.66. The third kappa shape index (κ3) is 2.64. The van der Waals surface area contributed by atoms with E-state index in [4.69, 9.17) is 11.6 Å². The van der Waals surface area contributed by atoms with E-state index < -0.39 is 5.82 Å². The number of aliphatic imine (C=N–C) groups is 1. The van der Waals surface area contributed by atoms with Crippen molar-refractivity contribution in [2.45, 2.75) is 0 Å². The van der Waals surface area contributed by atoms with Crippen LogP contribution in [0.5, 0.6) is 0 Å². The van der Waals surface area contributed by atoms with Crippen LogP contribution < -0.4 is 0 Å². The van der Waals surface area contributed by atoms with Crippen molar-refractivity contribution in [1.29, 1.82) is 0 Å². The summed E-state index contributed by atoms with van der Waals surface area (Å²) in [6.45, 7) is 0. The van der Waals surface area contributed by atoms with Gasteiger partial charge in [0.2, 0.25) is 0 Å². The fraction of sp³-hybridized carbons (Fsp3) is 0. The summed E-state index contributed by atoms with van der Waals surface area (Å²) in [7, 11) is 0. The van der Waals surface area contributed by atoms with Crippen LogP contribution in [0, 0.1) is 5.82 Å². The molecular formula is C12H8ClFN2. The summed E-state index contributed by atoms with van der Waals surface area (Å²) in [6, 6.07) is 9.83. The van der Waals surface area contributed by atoms with Gasteiger partial charge < -0.3 is 0 Å². The number of benzene rings is 1. The molecule has 2 rings (SSSR count). The Morgan fingerprint density at radius 2 is 2.12 bits per heavy atom. The monoisotopic (exact) mass is 234 g/mol. The molecule has 0 saturated carbocycles. The molecule has 0 aliphatic rings. The first kappa shape index (κ1) is 10.8. The number of nitrogens with zero attached hydrogens (tertiary/aromatic N) is 2. The van der Waals surface area contributed by atoms with Crippen LogP contribution in [0.2, 0.25) is 5.02 Å². The fourth-order valence-electron chi connectivity index (χ4n) is 1.16. The first-order valence-corrected chi connectivity index (χ1v) is 5.03. The molecule has 0 unspecified atom stereocenters. The summed E-state index contributed by atoms with van der Waals surface area (Å²) < 4.78 is 12.9. The van der Waals surface area contributed by atoms with Crippen LogP contribution in [0.15, 0.2) is 47.6 Å². The van der Waals surface area contributed by atoms with E-state index in [1.807, 2.05) is 18.2 Å². The number of aromatic nitrogens is 1. The van der Waals surface area contributed by atoms with Crippen molar-refractivity contribution >= 4 is 23.5 Å². The van der Waals surface area contributed by atoms with Crippen LogP contribution in [0.3, 0.4) is 0 Å². The van der Waals surface area contributed by atoms with E-state index in [2.05, 4.69) is 9.98 Å². The van der Waals surface area contributed by atoms with E-state index in [0.717, 1.165) is 5.69 Å². The van der Waals surface area contributed by atoms with Crippen molar-refractivity contribution < 1.29 is 4.39 Å². The zero-order valence-electron chi connectivity index (χ0n) is 8.27. The predicted molar refractivity (Wildman–Crippen MR) is 62.9 cm³/mol. The second-order valence-corrected chi connectivity index (χ2v) is 3.52. The topological polar surface area (TPSA) is 25.2 Å². The van der Waals surface area contributed by atoms with Crippen molar-refractivity contribution in [1.82, 2.24) is 4.98 Å². The van der Waals surface area contributed by atoms with Crippen molar-refractivity contribution in [3.8, 4) is 0 Å². The van der Waals surface area contributed by atoms with Crippen molar-refractivity contribution in [2.24, 2.45) is 4.99 Å². The lowest BCUT2D eigenvalue weighted by molar-refractivity contribution is 0.628. The smallest absolute Gasteiger partial charge is 0.141 e. The molecule has 0 aliphatic heterocycles. The Labute approximate surface area is 97.4 Å². The third-order valence-corrected chi connectivity index (χ3v) is 2.23. The lowest BCUT2D eigenvalue weighted by atomic mass is 10.3. The Kier molecular flexibility index (Phi) is 3.27. The Hall–Kier alpha value is -1.74. The molecule has 2 nitrogen and oxygen atoms in total. The molecule has 0 aliphatic carbocycles. The highest BCUT2D eigenvalue weighted by Gasteiger charge is 1.98. The van der Waals surface area contributed by atoms with Crippen molar-refractivity contribution in [3.05, 3.63) is 59.1 Å². The van der Waals surface area contributed by atoms with E-state index in [1.54, 1.807) is 18.5 Å². The summed E-state index contributed by atoms with van der Waals surface area (Å²) in [5.74, 6) is -0.446. The van der Waals surface area contributed by atoms with Gasteiger partial charge in [0.15, 0.2) is 0 Å². The molecule has 1 aromatic carbocycles. The predicted octanol–water partition coefficient (Wildman–Crippen LogP) is 3.62. The van der Waals surface area contributed by atoms with Crippen LogP contribution in [0.1, 0.15) is 5.69 Å². The molecular weight excluding hydrogens is 227 g/mol. The molecule has 0 saturated heterocycles. The minimum Gasteiger partial charge on any atom is -0.255 e. The summed E-state index contributed by atoms with van der Waals surface area (Å²) in [5.41, 5.74) is 1.33. The van der Waals surface area contributed by atoms with E-state index in [0.29, 0.717) is 5.69 Å². The molecule has 0 amide bonds. The summed E-state index contributed by atoms with van der Waals surface area (Å²) in [5, 5.41) is 0.0654. The highest BCUT2D eigenvalue weighted by Crippen LogP contribution is 2.21. The zero-order chi connectivity index (χ0) is 11.4. The van der Waals surface area contributed by atoms with Crippen LogP contribution in [0.4, 0.5) is 10.1 Å². The van der Waals surface area contributed by atoms with E-state index >= 15 is 0 Å². The van der Waals surface area contributed by atoms with Crippen LogP contribution in [-0.4, -0.2) is 11.2 Å². The van der Waals surface area contributed by atoms with E-state index in [1.165, 1.54) is 12.1 Å². The van der Waals surface area contributed by atoms with Gasteiger partial charge >= 0.3 is 0 Å². The largest absolute Gasteiger partial charge is 0.255 e. The molecule has 16 heavy (non-hydrogen) atoms. The van der Waals surface area contributed by atoms with Crippen molar-refractivity contribution in [2.75, 3.05) is 0 Å². The average molecular weight is 235 g/mol. The lowest BCUT2D eigenvalue weighted by Gasteiger charge is -1.96. The van der Waals surface area contributed by atoms with E-state index in [9.17, 15) is 4.39 Å². The van der Waals surface area contributed by atoms with Gasteiger partial charge in [0.1, 0.15) is 5.82 Å². The summed E-state index contributed by atoms with van der Waals surface area (Å²) in [4.78, 5) is 8.22. The first-order chi connectivity index (χ1) is 7.75. The van der Waals surface area contributed by atoms with Gasteiger partial charge in [-0.3, -0.25) is 9.98 Å². The molecule has 4 heteroatoms. The molecule has 0 spiro atoms. The van der Waals surface area contributed by atoms with Gasteiger partial charge in [0, 0.05) is 6.20 Å². The molecule has 0 atom stereocenters. The lowest BCUT2D eigenvalue weighted by Crippen LogP contribution is -1.84. The molecule has 0 N–H and O–H groups in total. The van der Waals surface area contributed by atoms with Crippen LogP contribution in [-0.2, 0) is 0 Å². The van der Waals surface area contributed by atoms with Gasteiger partial charge in [0.05, 0.1) is 22.6 Å². The maximum absolute atomic E-state index is 12.9. The molecule has 1 aromatic heterocycles. The van der Waals surface area contributed by atoms with Crippen molar-refractivity contribution in [3.63, 3.8) is 0 Å². The normalized spacial score (nSPS) is 10.9. The Morgan fingerprint density at radius 3 is 2.81 bits per heavy atom. The molecule has 80 valence electrons. The molecule has 1 heterocycles. The number of pyridine rings is 1. The Bertz CT molecular complexity index is 512.